The van der Waals surface area contributed by atoms with Gasteiger partial charge in [-0.3, -0.25) is 4.79 Å². The normalized spacial score (nSPS) is 18.5. The number of aryl methyl sites for hydroxylation is 1. The van der Waals surface area contributed by atoms with Crippen molar-refractivity contribution in [2.45, 2.75) is 45.4 Å². The largest absolute Gasteiger partial charge is 0.481 e. The third-order valence-corrected chi connectivity index (χ3v) is 4.34. The summed E-state index contributed by atoms with van der Waals surface area (Å²) in [5, 5.41) is 13.3. The van der Waals surface area contributed by atoms with Gasteiger partial charge in [-0.05, 0) is 12.8 Å². The van der Waals surface area contributed by atoms with Gasteiger partial charge in [0.25, 0.3) is 0 Å². The van der Waals surface area contributed by atoms with Gasteiger partial charge in [-0.1, -0.05) is 26.2 Å². The zero-order valence-electron chi connectivity index (χ0n) is 10.6. The van der Waals surface area contributed by atoms with Crippen molar-refractivity contribution in [3.63, 3.8) is 0 Å². The Morgan fingerprint density at radius 2 is 2.17 bits per heavy atom. The van der Waals surface area contributed by atoms with E-state index in [-0.39, 0.29) is 0 Å². The van der Waals surface area contributed by atoms with Crippen LogP contribution in [0.15, 0.2) is 0 Å². The summed E-state index contributed by atoms with van der Waals surface area (Å²) >= 11 is 1.31. The molecular weight excluding hydrogens is 250 g/mol. The molecule has 0 spiro atoms. The van der Waals surface area contributed by atoms with Crippen LogP contribution < -0.4 is 5.32 Å². The Labute approximate surface area is 111 Å². The molecule has 5 nitrogen and oxygen atoms in total. The van der Waals surface area contributed by atoms with Crippen LogP contribution in [-0.4, -0.2) is 27.0 Å². The minimum absolute atomic E-state index is 0.459. The highest BCUT2D eigenvalue weighted by Gasteiger charge is 2.39. The lowest BCUT2D eigenvalue weighted by molar-refractivity contribution is -0.150. The first-order valence-corrected chi connectivity index (χ1v) is 7.23. The Morgan fingerprint density at radius 1 is 1.44 bits per heavy atom. The molecule has 1 heterocycles. The fourth-order valence-electron chi connectivity index (χ4n) is 2.41. The van der Waals surface area contributed by atoms with Crippen LogP contribution in [0, 0.1) is 5.41 Å². The molecule has 0 radical (unpaired) electrons. The van der Waals surface area contributed by atoms with Crippen LogP contribution in [0.1, 0.15) is 44.9 Å². The highest BCUT2D eigenvalue weighted by molar-refractivity contribution is 7.09. The van der Waals surface area contributed by atoms with Crippen LogP contribution in [0.2, 0.25) is 0 Å². The first-order valence-electron chi connectivity index (χ1n) is 6.46. The van der Waals surface area contributed by atoms with Crippen molar-refractivity contribution in [3.8, 4) is 0 Å². The molecule has 6 heteroatoms. The number of aliphatic carboxylic acids is 1. The van der Waals surface area contributed by atoms with Crippen molar-refractivity contribution >= 4 is 22.6 Å². The van der Waals surface area contributed by atoms with Crippen LogP contribution >= 0.6 is 11.5 Å². The Kier molecular flexibility index (Phi) is 4.16. The molecule has 100 valence electrons. The summed E-state index contributed by atoms with van der Waals surface area (Å²) in [7, 11) is 0. The van der Waals surface area contributed by atoms with Gasteiger partial charge >= 0.3 is 5.97 Å². The number of anilines is 1. The van der Waals surface area contributed by atoms with Gasteiger partial charge in [0, 0.05) is 24.5 Å². The molecule has 0 unspecified atom stereocenters. The van der Waals surface area contributed by atoms with Gasteiger partial charge < -0.3 is 10.4 Å². The van der Waals surface area contributed by atoms with E-state index in [1.807, 2.05) is 6.92 Å². The van der Waals surface area contributed by atoms with E-state index < -0.39 is 11.4 Å². The van der Waals surface area contributed by atoms with E-state index in [2.05, 4.69) is 14.7 Å². The molecule has 2 N–H and O–H groups in total. The molecule has 1 saturated carbocycles. The van der Waals surface area contributed by atoms with Gasteiger partial charge in [-0.15, -0.1) is 0 Å². The van der Waals surface area contributed by atoms with Gasteiger partial charge in [0.2, 0.25) is 5.13 Å². The van der Waals surface area contributed by atoms with E-state index in [1.54, 1.807) is 0 Å². The maximum absolute atomic E-state index is 11.5. The van der Waals surface area contributed by atoms with Crippen molar-refractivity contribution in [3.05, 3.63) is 5.82 Å². The molecule has 1 fully saturated rings. The van der Waals surface area contributed by atoms with E-state index in [4.69, 9.17) is 0 Å². The monoisotopic (exact) mass is 269 g/mol. The average Bonchev–Trinajstić information content (AvgIpc) is 2.85. The second-order valence-electron chi connectivity index (χ2n) is 4.87. The lowest BCUT2D eigenvalue weighted by atomic mass is 9.74. The molecular formula is C12H19N3O2S. The minimum Gasteiger partial charge on any atom is -0.481 e. The molecule has 2 rings (SSSR count). The molecule has 18 heavy (non-hydrogen) atoms. The highest BCUT2D eigenvalue weighted by Crippen LogP contribution is 2.36. The number of hydrogen-bond acceptors (Lipinski definition) is 5. The van der Waals surface area contributed by atoms with E-state index in [1.165, 1.54) is 11.5 Å². The number of hydrogen-bond donors (Lipinski definition) is 2. The summed E-state index contributed by atoms with van der Waals surface area (Å²) in [5.41, 5.74) is -0.615. The summed E-state index contributed by atoms with van der Waals surface area (Å²) in [6, 6.07) is 0. The van der Waals surface area contributed by atoms with Crippen molar-refractivity contribution in [1.82, 2.24) is 9.36 Å². The van der Waals surface area contributed by atoms with Crippen molar-refractivity contribution in [2.75, 3.05) is 11.9 Å². The molecule has 1 aromatic heterocycles. The fraction of sp³-hybridized carbons (Fsp3) is 0.750. The van der Waals surface area contributed by atoms with Gasteiger partial charge in [0.05, 0.1) is 5.41 Å². The summed E-state index contributed by atoms with van der Waals surface area (Å²) in [6.07, 6.45) is 5.48. The average molecular weight is 269 g/mol. The number of nitrogens with zero attached hydrogens (tertiary/aromatic N) is 2. The predicted octanol–water partition coefficient (Wildman–Crippen LogP) is 2.55. The molecule has 0 bridgehead atoms. The number of nitrogens with one attached hydrogen (secondary N) is 1. The van der Waals surface area contributed by atoms with E-state index in [0.29, 0.717) is 6.54 Å². The number of carboxylic acid groups (broad SMARTS) is 1. The zero-order chi connectivity index (χ0) is 13.0. The number of carbonyl (C=O) groups is 1. The van der Waals surface area contributed by atoms with Gasteiger partial charge in [0.15, 0.2) is 0 Å². The molecule has 0 saturated heterocycles. The third kappa shape index (κ3) is 2.80. The number of aromatic nitrogens is 2. The molecule has 0 aliphatic heterocycles. The van der Waals surface area contributed by atoms with Gasteiger partial charge in [-0.25, -0.2) is 4.98 Å². The second kappa shape index (κ2) is 5.65. The summed E-state index contributed by atoms with van der Waals surface area (Å²) in [6.45, 7) is 2.46. The molecule has 0 amide bonds. The van der Waals surface area contributed by atoms with Crippen LogP contribution in [-0.2, 0) is 11.2 Å². The van der Waals surface area contributed by atoms with Crippen molar-refractivity contribution in [2.24, 2.45) is 5.41 Å². The van der Waals surface area contributed by atoms with Crippen LogP contribution in [0.4, 0.5) is 5.13 Å². The van der Waals surface area contributed by atoms with Crippen LogP contribution in [0.3, 0.4) is 0 Å². The fourth-order valence-corrected chi connectivity index (χ4v) is 3.05. The second-order valence-corrected chi connectivity index (χ2v) is 5.62. The predicted molar refractivity (Wildman–Crippen MR) is 70.9 cm³/mol. The minimum atomic E-state index is -0.685. The first-order chi connectivity index (χ1) is 8.66. The molecule has 1 aliphatic rings. The van der Waals surface area contributed by atoms with Crippen molar-refractivity contribution in [1.29, 1.82) is 0 Å². The van der Waals surface area contributed by atoms with Gasteiger partial charge in [0.1, 0.15) is 5.82 Å². The topological polar surface area (TPSA) is 75.1 Å². The Bertz CT molecular complexity index is 413. The number of rotatable bonds is 5. The summed E-state index contributed by atoms with van der Waals surface area (Å²) in [4.78, 5) is 15.8. The van der Waals surface area contributed by atoms with Crippen LogP contribution in [0.5, 0.6) is 0 Å². The summed E-state index contributed by atoms with van der Waals surface area (Å²) < 4.78 is 4.19. The maximum Gasteiger partial charge on any atom is 0.311 e. The number of carboxylic acids is 1. The Hall–Kier alpha value is -1.17. The Morgan fingerprint density at radius 3 is 2.72 bits per heavy atom. The lowest BCUT2D eigenvalue weighted by Gasteiger charge is -2.33. The SMILES string of the molecule is CCc1nsc(NCC2(C(=O)O)CCCCC2)n1. The van der Waals surface area contributed by atoms with E-state index in [9.17, 15) is 9.90 Å². The van der Waals surface area contributed by atoms with Gasteiger partial charge in [-0.2, -0.15) is 4.37 Å². The lowest BCUT2D eigenvalue weighted by Crippen LogP contribution is -2.39. The first kappa shape index (κ1) is 13.3. The zero-order valence-corrected chi connectivity index (χ0v) is 11.4. The smallest absolute Gasteiger partial charge is 0.311 e. The van der Waals surface area contributed by atoms with Crippen LogP contribution in [0.25, 0.3) is 0 Å². The highest BCUT2D eigenvalue weighted by atomic mass is 32.1. The molecule has 0 aromatic carbocycles. The molecule has 1 aromatic rings. The molecule has 1 aliphatic carbocycles. The summed E-state index contributed by atoms with van der Waals surface area (Å²) in [5.74, 6) is 0.130. The van der Waals surface area contributed by atoms with Crippen molar-refractivity contribution < 1.29 is 9.90 Å². The maximum atomic E-state index is 11.5. The molecule has 0 atom stereocenters. The Balaban J connectivity index is 1.99. The third-order valence-electron chi connectivity index (χ3n) is 3.63. The van der Waals surface area contributed by atoms with E-state index in [0.717, 1.165) is 49.5 Å². The quantitative estimate of drug-likeness (QED) is 0.859. The van der Waals surface area contributed by atoms with E-state index >= 15 is 0 Å². The standard InChI is InChI=1S/C12H19N3O2S/c1-2-9-14-11(18-15-9)13-8-12(10(16)17)6-4-3-5-7-12/h2-8H2,1H3,(H,16,17)(H,13,14,15).